The standard InChI is InChI=1S/C22H17FN2O3/c1-28-17-10-6-5-9-14(17)15-11-12-16(19-18(15)20(23)25-22(19)27)24-21(26)13-7-3-2-4-8-13/h2-12,20H,1H3,(H,24,26)(H,25,27). The van der Waals surface area contributed by atoms with Gasteiger partial charge in [0.2, 0.25) is 0 Å². The number of carbonyl (C=O) groups is 2. The number of alkyl halides is 1. The number of anilines is 1. The van der Waals surface area contributed by atoms with E-state index in [-0.39, 0.29) is 22.7 Å². The Morgan fingerprint density at radius 2 is 1.71 bits per heavy atom. The Hall–Kier alpha value is -3.67. The first-order valence-electron chi connectivity index (χ1n) is 8.71. The second-order valence-corrected chi connectivity index (χ2v) is 6.31. The van der Waals surface area contributed by atoms with Crippen molar-refractivity contribution in [2.75, 3.05) is 12.4 Å². The Balaban J connectivity index is 1.81. The van der Waals surface area contributed by atoms with Gasteiger partial charge in [0.1, 0.15) is 5.75 Å². The van der Waals surface area contributed by atoms with Gasteiger partial charge in [0.05, 0.1) is 18.4 Å². The highest BCUT2D eigenvalue weighted by Crippen LogP contribution is 2.42. The number of halogens is 1. The number of amides is 2. The van der Waals surface area contributed by atoms with Crippen LogP contribution in [-0.4, -0.2) is 18.9 Å². The van der Waals surface area contributed by atoms with Gasteiger partial charge in [0, 0.05) is 16.7 Å². The number of methoxy groups -OCH3 is 1. The first kappa shape index (κ1) is 17.7. The summed E-state index contributed by atoms with van der Waals surface area (Å²) in [5, 5.41) is 5.00. The molecule has 4 rings (SSSR count). The van der Waals surface area contributed by atoms with E-state index < -0.39 is 12.2 Å². The van der Waals surface area contributed by atoms with Crippen molar-refractivity contribution in [1.29, 1.82) is 0 Å². The van der Waals surface area contributed by atoms with Crippen LogP contribution in [0.3, 0.4) is 0 Å². The molecule has 2 amide bonds. The average Bonchev–Trinajstić information content (AvgIpc) is 3.03. The van der Waals surface area contributed by atoms with Crippen molar-refractivity contribution < 1.29 is 18.7 Å². The van der Waals surface area contributed by atoms with Gasteiger partial charge in [-0.2, -0.15) is 0 Å². The van der Waals surface area contributed by atoms with Crippen LogP contribution < -0.4 is 15.4 Å². The van der Waals surface area contributed by atoms with Gasteiger partial charge in [-0.25, -0.2) is 4.39 Å². The van der Waals surface area contributed by atoms with Crippen LogP contribution in [0.5, 0.6) is 5.75 Å². The van der Waals surface area contributed by atoms with E-state index in [1.165, 1.54) is 7.11 Å². The summed E-state index contributed by atoms with van der Waals surface area (Å²) in [7, 11) is 1.53. The Morgan fingerprint density at radius 3 is 2.46 bits per heavy atom. The van der Waals surface area contributed by atoms with Crippen LogP contribution in [0.4, 0.5) is 10.1 Å². The Bertz CT molecular complexity index is 1070. The Morgan fingerprint density at radius 1 is 1.00 bits per heavy atom. The molecule has 0 aromatic heterocycles. The van der Waals surface area contributed by atoms with E-state index in [9.17, 15) is 14.0 Å². The van der Waals surface area contributed by atoms with Crippen molar-refractivity contribution in [3.05, 3.63) is 83.4 Å². The Labute approximate surface area is 161 Å². The molecule has 0 radical (unpaired) electrons. The highest BCUT2D eigenvalue weighted by atomic mass is 19.1. The van der Waals surface area contributed by atoms with E-state index in [1.807, 2.05) is 12.1 Å². The molecule has 0 fully saturated rings. The number of carbonyl (C=O) groups excluding carboxylic acids is 2. The third-order valence-corrected chi connectivity index (χ3v) is 4.67. The topological polar surface area (TPSA) is 67.4 Å². The summed E-state index contributed by atoms with van der Waals surface area (Å²) in [5.74, 6) is -0.372. The lowest BCUT2D eigenvalue weighted by Crippen LogP contribution is -2.18. The van der Waals surface area contributed by atoms with Gasteiger partial charge < -0.3 is 15.4 Å². The molecule has 0 saturated heterocycles. The van der Waals surface area contributed by atoms with Crippen molar-refractivity contribution in [3.8, 4) is 16.9 Å². The number of para-hydroxylation sites is 1. The molecular weight excluding hydrogens is 359 g/mol. The van der Waals surface area contributed by atoms with Crippen molar-refractivity contribution in [3.63, 3.8) is 0 Å². The molecule has 0 saturated carbocycles. The number of benzene rings is 3. The van der Waals surface area contributed by atoms with Gasteiger partial charge in [-0.1, -0.05) is 42.5 Å². The minimum atomic E-state index is -1.67. The summed E-state index contributed by atoms with van der Waals surface area (Å²) >= 11 is 0. The van der Waals surface area contributed by atoms with E-state index in [1.54, 1.807) is 54.6 Å². The number of rotatable bonds is 4. The maximum absolute atomic E-state index is 14.7. The molecule has 1 heterocycles. The molecule has 6 heteroatoms. The minimum absolute atomic E-state index is 0.125. The van der Waals surface area contributed by atoms with Crippen LogP contribution in [0.15, 0.2) is 66.7 Å². The zero-order valence-corrected chi connectivity index (χ0v) is 15.0. The lowest BCUT2D eigenvalue weighted by molar-refractivity contribution is 0.0929. The Kier molecular flexibility index (Phi) is 4.53. The number of hydrogen-bond acceptors (Lipinski definition) is 3. The molecule has 0 spiro atoms. The summed E-state index contributed by atoms with van der Waals surface area (Å²) in [5.41, 5.74) is 2.23. The fourth-order valence-corrected chi connectivity index (χ4v) is 3.38. The summed E-state index contributed by atoms with van der Waals surface area (Å²) in [6.45, 7) is 0. The minimum Gasteiger partial charge on any atom is -0.496 e. The van der Waals surface area contributed by atoms with Crippen LogP contribution in [0, 0.1) is 0 Å². The van der Waals surface area contributed by atoms with Crippen LogP contribution in [0.2, 0.25) is 0 Å². The summed E-state index contributed by atoms with van der Waals surface area (Å²) in [4.78, 5) is 24.9. The summed E-state index contributed by atoms with van der Waals surface area (Å²) < 4.78 is 20.1. The van der Waals surface area contributed by atoms with Crippen LogP contribution >= 0.6 is 0 Å². The number of hydrogen-bond donors (Lipinski definition) is 2. The number of nitrogens with one attached hydrogen (secondary N) is 2. The highest BCUT2D eigenvalue weighted by Gasteiger charge is 2.34. The largest absolute Gasteiger partial charge is 0.496 e. The SMILES string of the molecule is COc1ccccc1-c1ccc(NC(=O)c2ccccc2)c2c1C(F)NC2=O. The zero-order valence-electron chi connectivity index (χ0n) is 15.0. The third-order valence-electron chi connectivity index (χ3n) is 4.67. The molecule has 2 N–H and O–H groups in total. The van der Waals surface area contributed by atoms with Gasteiger partial charge in [-0.05, 0) is 29.8 Å². The molecular formula is C22H17FN2O3. The average molecular weight is 376 g/mol. The molecule has 5 nitrogen and oxygen atoms in total. The van der Waals surface area contributed by atoms with Gasteiger partial charge >= 0.3 is 0 Å². The molecule has 140 valence electrons. The second kappa shape index (κ2) is 7.15. The van der Waals surface area contributed by atoms with Crippen molar-refractivity contribution in [2.45, 2.75) is 6.30 Å². The predicted molar refractivity (Wildman–Crippen MR) is 104 cm³/mol. The highest BCUT2D eigenvalue weighted by molar-refractivity contribution is 6.12. The fourth-order valence-electron chi connectivity index (χ4n) is 3.38. The normalized spacial score (nSPS) is 14.9. The van der Waals surface area contributed by atoms with Crippen molar-refractivity contribution >= 4 is 17.5 Å². The molecule has 0 bridgehead atoms. The van der Waals surface area contributed by atoms with Crippen molar-refractivity contribution in [2.24, 2.45) is 0 Å². The van der Waals surface area contributed by atoms with E-state index in [4.69, 9.17) is 4.74 Å². The van der Waals surface area contributed by atoms with E-state index in [0.29, 0.717) is 22.4 Å². The van der Waals surface area contributed by atoms with Crippen LogP contribution in [0.1, 0.15) is 32.6 Å². The van der Waals surface area contributed by atoms with Gasteiger partial charge in [-0.3, -0.25) is 9.59 Å². The lowest BCUT2D eigenvalue weighted by Gasteiger charge is -2.15. The molecule has 1 aliphatic heterocycles. The smallest absolute Gasteiger partial charge is 0.256 e. The van der Waals surface area contributed by atoms with Crippen LogP contribution in [0.25, 0.3) is 11.1 Å². The van der Waals surface area contributed by atoms with E-state index >= 15 is 0 Å². The lowest BCUT2D eigenvalue weighted by atomic mass is 9.94. The molecule has 3 aromatic rings. The van der Waals surface area contributed by atoms with E-state index in [2.05, 4.69) is 10.6 Å². The number of fused-ring (bicyclic) bond motifs is 1. The molecule has 28 heavy (non-hydrogen) atoms. The summed E-state index contributed by atoms with van der Waals surface area (Å²) in [6.07, 6.45) is -1.67. The third kappa shape index (κ3) is 2.99. The van der Waals surface area contributed by atoms with Gasteiger partial charge in [0.15, 0.2) is 6.30 Å². The van der Waals surface area contributed by atoms with Gasteiger partial charge in [0.25, 0.3) is 11.8 Å². The monoisotopic (exact) mass is 376 g/mol. The van der Waals surface area contributed by atoms with E-state index in [0.717, 1.165) is 0 Å². The van der Waals surface area contributed by atoms with Gasteiger partial charge in [-0.15, -0.1) is 0 Å². The molecule has 3 aromatic carbocycles. The maximum atomic E-state index is 14.7. The quantitative estimate of drug-likeness (QED) is 0.666. The van der Waals surface area contributed by atoms with Crippen molar-refractivity contribution in [1.82, 2.24) is 5.32 Å². The molecule has 1 unspecified atom stereocenters. The summed E-state index contributed by atoms with van der Waals surface area (Å²) in [6, 6.07) is 19.1. The zero-order chi connectivity index (χ0) is 19.7. The van der Waals surface area contributed by atoms with Crippen LogP contribution in [-0.2, 0) is 0 Å². The number of ether oxygens (including phenoxy) is 1. The molecule has 0 aliphatic carbocycles. The first-order valence-corrected chi connectivity index (χ1v) is 8.71. The maximum Gasteiger partial charge on any atom is 0.256 e. The first-order chi connectivity index (χ1) is 13.6. The second-order valence-electron chi connectivity index (χ2n) is 6.31. The molecule has 1 aliphatic rings. The fraction of sp³-hybridized carbons (Fsp3) is 0.0909. The predicted octanol–water partition coefficient (Wildman–Crippen LogP) is 4.33. The molecule has 1 atom stereocenters.